The highest BCUT2D eigenvalue weighted by Gasteiger charge is 2.39. The third-order valence-corrected chi connectivity index (χ3v) is 4.66. The number of rotatable bonds is 2. The van der Waals surface area contributed by atoms with Gasteiger partial charge in [-0.05, 0) is 37.2 Å². The molecule has 1 saturated heterocycles. The molecule has 0 unspecified atom stereocenters. The summed E-state index contributed by atoms with van der Waals surface area (Å²) in [5, 5.41) is 1.52. The molecule has 4 nitrogen and oxygen atoms in total. The van der Waals surface area contributed by atoms with Crippen LogP contribution >= 0.6 is 11.6 Å². The molecule has 3 rings (SSSR count). The minimum absolute atomic E-state index is 0.0168. The maximum atomic E-state index is 12.1. The molecule has 0 saturated carbocycles. The number of pyridine rings is 1. The Morgan fingerprint density at radius 2 is 2.14 bits per heavy atom. The molecule has 0 amide bonds. The van der Waals surface area contributed by atoms with E-state index in [1.54, 1.807) is 0 Å². The summed E-state index contributed by atoms with van der Waals surface area (Å²) in [6.07, 6.45) is 0. The Hall–Kier alpha value is -1.65. The SMILES string of the molecule is COC(=O)[C@@H]1CN(C)C[C@H]1c1cc2ccc(C)cc2nc1Cl. The highest BCUT2D eigenvalue weighted by molar-refractivity contribution is 6.30. The lowest BCUT2D eigenvalue weighted by atomic mass is 9.89. The van der Waals surface area contributed by atoms with Gasteiger partial charge in [-0.25, -0.2) is 4.98 Å². The zero-order valence-electron chi connectivity index (χ0n) is 13.0. The lowest BCUT2D eigenvalue weighted by molar-refractivity contribution is -0.145. The van der Waals surface area contributed by atoms with E-state index in [1.165, 1.54) is 7.11 Å². The van der Waals surface area contributed by atoms with E-state index in [4.69, 9.17) is 16.3 Å². The number of halogens is 1. The Bertz CT molecular complexity index is 732. The number of aryl methyl sites for hydroxylation is 1. The molecule has 2 atom stereocenters. The largest absolute Gasteiger partial charge is 0.469 e. The molecule has 0 bridgehead atoms. The average molecular weight is 319 g/mol. The molecule has 1 aliphatic heterocycles. The molecule has 116 valence electrons. The molecule has 2 aromatic rings. The van der Waals surface area contributed by atoms with Crippen LogP contribution in [0.3, 0.4) is 0 Å². The van der Waals surface area contributed by atoms with Crippen LogP contribution in [0.2, 0.25) is 5.15 Å². The molecule has 0 aliphatic carbocycles. The maximum Gasteiger partial charge on any atom is 0.310 e. The summed E-state index contributed by atoms with van der Waals surface area (Å²) in [5.74, 6) is -0.366. The van der Waals surface area contributed by atoms with Crippen LogP contribution in [0.1, 0.15) is 17.0 Å². The first-order valence-corrected chi connectivity index (χ1v) is 7.70. The fourth-order valence-corrected chi connectivity index (χ4v) is 3.52. The van der Waals surface area contributed by atoms with E-state index in [2.05, 4.69) is 22.0 Å². The topological polar surface area (TPSA) is 42.4 Å². The Labute approximate surface area is 135 Å². The van der Waals surface area contributed by atoms with E-state index >= 15 is 0 Å². The Balaban J connectivity index is 2.06. The number of benzene rings is 1. The van der Waals surface area contributed by atoms with Crippen LogP contribution < -0.4 is 0 Å². The number of esters is 1. The molecule has 1 aliphatic rings. The van der Waals surface area contributed by atoms with Crippen LogP contribution in [0.15, 0.2) is 24.3 Å². The van der Waals surface area contributed by atoms with E-state index in [-0.39, 0.29) is 17.8 Å². The zero-order chi connectivity index (χ0) is 15.9. The van der Waals surface area contributed by atoms with Crippen LogP contribution in [0, 0.1) is 12.8 Å². The summed E-state index contributed by atoms with van der Waals surface area (Å²) in [6.45, 7) is 3.49. The minimum atomic E-state index is -0.197. The number of likely N-dealkylation sites (tertiary alicyclic amines) is 1. The second-order valence-corrected chi connectivity index (χ2v) is 6.38. The number of likely N-dealkylation sites (N-methyl/N-ethyl adjacent to an activating group) is 1. The Kier molecular flexibility index (Phi) is 4.06. The van der Waals surface area contributed by atoms with Gasteiger partial charge in [0, 0.05) is 24.4 Å². The predicted molar refractivity (Wildman–Crippen MR) is 87.2 cm³/mol. The number of carbonyl (C=O) groups is 1. The zero-order valence-corrected chi connectivity index (χ0v) is 13.7. The fraction of sp³-hybridized carbons (Fsp3) is 0.412. The lowest BCUT2D eigenvalue weighted by Crippen LogP contribution is -2.23. The molecule has 5 heteroatoms. The van der Waals surface area contributed by atoms with Gasteiger partial charge in [0.15, 0.2) is 0 Å². The number of methoxy groups -OCH3 is 1. The molecule has 2 heterocycles. The van der Waals surface area contributed by atoms with E-state index < -0.39 is 0 Å². The van der Waals surface area contributed by atoms with Gasteiger partial charge in [-0.3, -0.25) is 4.79 Å². The second kappa shape index (κ2) is 5.86. The molecule has 1 aromatic carbocycles. The molecule has 1 aromatic heterocycles. The van der Waals surface area contributed by atoms with Gasteiger partial charge in [0.05, 0.1) is 18.5 Å². The summed E-state index contributed by atoms with van der Waals surface area (Å²) in [6, 6.07) is 8.18. The maximum absolute atomic E-state index is 12.1. The van der Waals surface area contributed by atoms with Gasteiger partial charge in [-0.2, -0.15) is 0 Å². The third-order valence-electron chi connectivity index (χ3n) is 4.36. The van der Waals surface area contributed by atoms with Crippen molar-refractivity contribution in [3.05, 3.63) is 40.5 Å². The molecule has 0 radical (unpaired) electrons. The quantitative estimate of drug-likeness (QED) is 0.630. The number of carbonyl (C=O) groups excluding carboxylic acids is 1. The Morgan fingerprint density at radius 1 is 1.36 bits per heavy atom. The smallest absolute Gasteiger partial charge is 0.310 e. The number of hydrogen-bond acceptors (Lipinski definition) is 4. The number of aromatic nitrogens is 1. The summed E-state index contributed by atoms with van der Waals surface area (Å²) >= 11 is 6.41. The predicted octanol–water partition coefficient (Wildman–Crippen LogP) is 3.01. The summed E-state index contributed by atoms with van der Waals surface area (Å²) in [4.78, 5) is 18.7. The van der Waals surface area contributed by atoms with Crippen molar-refractivity contribution >= 4 is 28.5 Å². The van der Waals surface area contributed by atoms with E-state index in [9.17, 15) is 4.79 Å². The average Bonchev–Trinajstić information content (AvgIpc) is 2.87. The summed E-state index contributed by atoms with van der Waals surface area (Å²) in [5.41, 5.74) is 2.96. The highest BCUT2D eigenvalue weighted by atomic mass is 35.5. The van der Waals surface area contributed by atoms with Gasteiger partial charge in [0.25, 0.3) is 0 Å². The minimum Gasteiger partial charge on any atom is -0.469 e. The van der Waals surface area contributed by atoms with Crippen LogP contribution in [0.4, 0.5) is 0 Å². The lowest BCUT2D eigenvalue weighted by Gasteiger charge is -2.18. The third kappa shape index (κ3) is 2.69. The number of fused-ring (bicyclic) bond motifs is 1. The second-order valence-electron chi connectivity index (χ2n) is 6.02. The van der Waals surface area contributed by atoms with Crippen LogP contribution in [0.25, 0.3) is 10.9 Å². The molecule has 0 spiro atoms. The van der Waals surface area contributed by atoms with Crippen molar-refractivity contribution in [2.75, 3.05) is 27.2 Å². The van der Waals surface area contributed by atoms with Crippen molar-refractivity contribution in [2.45, 2.75) is 12.8 Å². The molecule has 0 N–H and O–H groups in total. The summed E-state index contributed by atoms with van der Waals surface area (Å²) < 4.78 is 4.95. The van der Waals surface area contributed by atoms with E-state index in [0.29, 0.717) is 11.7 Å². The molecular weight excluding hydrogens is 300 g/mol. The van der Waals surface area contributed by atoms with Gasteiger partial charge >= 0.3 is 5.97 Å². The van der Waals surface area contributed by atoms with Gasteiger partial charge < -0.3 is 9.64 Å². The summed E-state index contributed by atoms with van der Waals surface area (Å²) in [7, 11) is 3.43. The van der Waals surface area contributed by atoms with Gasteiger partial charge in [-0.1, -0.05) is 23.7 Å². The number of ether oxygens (including phenoxy) is 1. The number of nitrogens with zero attached hydrogens (tertiary/aromatic N) is 2. The molecule has 22 heavy (non-hydrogen) atoms. The van der Waals surface area contributed by atoms with Gasteiger partial charge in [0.2, 0.25) is 0 Å². The Morgan fingerprint density at radius 3 is 2.86 bits per heavy atom. The standard InChI is InChI=1S/C17H19ClN2O2/c1-10-4-5-11-7-12(16(18)19-15(11)6-10)13-8-20(2)9-14(13)17(21)22-3/h4-7,13-14H,8-9H2,1-3H3/t13-,14+/m0/s1. The highest BCUT2D eigenvalue weighted by Crippen LogP contribution is 2.37. The molecular formula is C17H19ClN2O2. The van der Waals surface area contributed by atoms with Crippen molar-refractivity contribution in [3.8, 4) is 0 Å². The van der Waals surface area contributed by atoms with Crippen LogP contribution in [0.5, 0.6) is 0 Å². The molecule has 1 fully saturated rings. The van der Waals surface area contributed by atoms with Crippen molar-refractivity contribution in [3.63, 3.8) is 0 Å². The first-order chi connectivity index (χ1) is 10.5. The first kappa shape index (κ1) is 15.3. The van der Waals surface area contributed by atoms with E-state index in [0.717, 1.165) is 28.6 Å². The van der Waals surface area contributed by atoms with Crippen LogP contribution in [-0.4, -0.2) is 43.1 Å². The van der Waals surface area contributed by atoms with Gasteiger partial charge in [0.1, 0.15) is 5.15 Å². The van der Waals surface area contributed by atoms with E-state index in [1.807, 2.05) is 26.1 Å². The van der Waals surface area contributed by atoms with Crippen molar-refractivity contribution in [1.82, 2.24) is 9.88 Å². The van der Waals surface area contributed by atoms with Crippen molar-refractivity contribution in [1.29, 1.82) is 0 Å². The van der Waals surface area contributed by atoms with Gasteiger partial charge in [-0.15, -0.1) is 0 Å². The van der Waals surface area contributed by atoms with Crippen molar-refractivity contribution < 1.29 is 9.53 Å². The normalized spacial score (nSPS) is 22.2. The monoisotopic (exact) mass is 318 g/mol. The first-order valence-electron chi connectivity index (χ1n) is 7.32. The van der Waals surface area contributed by atoms with Crippen LogP contribution in [-0.2, 0) is 9.53 Å². The van der Waals surface area contributed by atoms with Crippen molar-refractivity contribution in [2.24, 2.45) is 5.92 Å². The fourth-order valence-electron chi connectivity index (χ4n) is 3.24. The number of hydrogen-bond donors (Lipinski definition) is 0.